The fourth-order valence-corrected chi connectivity index (χ4v) is 18.6. The second-order valence-electron chi connectivity index (χ2n) is 19.7. The van der Waals surface area contributed by atoms with Crippen molar-refractivity contribution in [2.24, 2.45) is 0 Å². The van der Waals surface area contributed by atoms with E-state index in [1.54, 1.807) is 54.5 Å². The van der Waals surface area contributed by atoms with Gasteiger partial charge in [-0.05, 0) is 0 Å². The molecule has 0 spiro atoms. The van der Waals surface area contributed by atoms with Crippen molar-refractivity contribution in [3.05, 3.63) is 112 Å². The van der Waals surface area contributed by atoms with Gasteiger partial charge in [-0.2, -0.15) is 0 Å². The van der Waals surface area contributed by atoms with Crippen LogP contribution < -0.4 is 52.8 Å². The Bertz CT molecular complexity index is 1520. The summed E-state index contributed by atoms with van der Waals surface area (Å²) in [5, 5.41) is 5.04. The van der Waals surface area contributed by atoms with E-state index in [4.69, 9.17) is 0 Å². The summed E-state index contributed by atoms with van der Waals surface area (Å²) in [6.45, 7) is 16.6. The summed E-state index contributed by atoms with van der Waals surface area (Å²) in [6.07, 6.45) is 46.4. The van der Waals surface area contributed by atoms with Crippen molar-refractivity contribution in [2.45, 2.75) is 244 Å². The molecule has 0 bridgehead atoms. The van der Waals surface area contributed by atoms with Crippen LogP contribution in [0, 0.1) is 0 Å². The zero-order valence-corrected chi connectivity index (χ0v) is 47.6. The van der Waals surface area contributed by atoms with Crippen LogP contribution in [0.25, 0.3) is 0 Å². The molecule has 0 amide bonds. The Balaban J connectivity index is 0.00000704. The first-order chi connectivity index (χ1) is 30.3. The van der Waals surface area contributed by atoms with E-state index < -0.39 is 8.07 Å². The average Bonchev–Trinajstić information content (AvgIpc) is 3.62. The molecule has 0 nitrogen and oxygen atoms in total. The van der Waals surface area contributed by atoms with E-state index in [1.165, 1.54) is 193 Å². The van der Waals surface area contributed by atoms with E-state index in [0.29, 0.717) is 0 Å². The van der Waals surface area contributed by atoms with Gasteiger partial charge in [0, 0.05) is 0 Å². The third kappa shape index (κ3) is 19.0. The van der Waals surface area contributed by atoms with Crippen LogP contribution in [0.4, 0.5) is 0 Å². The van der Waals surface area contributed by atoms with Gasteiger partial charge in [-0.25, -0.2) is 0 Å². The topological polar surface area (TPSA) is 0 Å². The molecule has 0 aromatic heterocycles. The van der Waals surface area contributed by atoms with Gasteiger partial charge in [0.05, 0.1) is 0 Å². The van der Waals surface area contributed by atoms with Crippen molar-refractivity contribution in [2.75, 3.05) is 0 Å². The third-order valence-corrected chi connectivity index (χ3v) is 22.1. The van der Waals surface area contributed by atoms with E-state index in [0.717, 1.165) is 0 Å². The van der Waals surface area contributed by atoms with Crippen LogP contribution in [-0.4, -0.2) is 8.07 Å². The minimum absolute atomic E-state index is 0. The predicted octanol–water partition coefficient (Wildman–Crippen LogP) is 7.67. The third-order valence-electron chi connectivity index (χ3n) is 14.3. The Morgan fingerprint density at radius 3 is 0.769 bits per heavy atom. The molecule has 0 saturated carbocycles. The number of hydrogen-bond acceptors (Lipinski definition) is 0. The van der Waals surface area contributed by atoms with Gasteiger partial charge in [-0.15, -0.1) is 0 Å². The molecule has 3 aromatic rings. The zero-order chi connectivity index (χ0) is 44.5. The van der Waals surface area contributed by atoms with Gasteiger partial charge in [0.1, 0.15) is 0 Å². The maximum Gasteiger partial charge on any atom is -1.00 e. The summed E-state index contributed by atoms with van der Waals surface area (Å²) in [5.41, 5.74) is 11.1. The van der Waals surface area contributed by atoms with Crippen molar-refractivity contribution < 1.29 is 57.7 Å². The Kier molecular flexibility index (Phi) is 33.5. The molecule has 0 heterocycles. The largest absolute Gasteiger partial charge is 1.00 e. The van der Waals surface area contributed by atoms with Gasteiger partial charge in [0.15, 0.2) is 0 Å². The summed E-state index contributed by atoms with van der Waals surface area (Å²) in [6, 6.07) is 24.7. The van der Waals surface area contributed by atoms with Crippen molar-refractivity contribution in [1.29, 1.82) is 0 Å². The molecule has 5 heteroatoms. The normalized spacial score (nSPS) is 14.5. The van der Waals surface area contributed by atoms with E-state index in [-0.39, 0.29) is 40.6 Å². The SMILES string of the molecule is CCCCCCc1cc(CCCCCC)cc([Si](c2cc(CCCCCC)cc(CCCCCC)c2)(c2cc(CCCCCC)cc(CCCCCC)c2)[C]2([Ti+3])C=CC=C2C)c1.[Cl-].[Cl-].[Cl-]. The van der Waals surface area contributed by atoms with Crippen LogP contribution >= 0.6 is 0 Å². The molecule has 0 radical (unpaired) electrons. The van der Waals surface area contributed by atoms with E-state index in [9.17, 15) is 0 Å². The molecule has 1 atom stereocenters. The van der Waals surface area contributed by atoms with Crippen LogP contribution in [0.2, 0.25) is 3.34 Å². The molecule has 4 rings (SSSR count). The van der Waals surface area contributed by atoms with Crippen molar-refractivity contribution >= 4 is 23.6 Å². The summed E-state index contributed by atoms with van der Waals surface area (Å²) in [4.78, 5) is 0. The molecule has 362 valence electrons. The standard InChI is InChI=1S/C60H93Si.3ClH.Ti/c1-8-14-20-26-34-51-41-52(35-27-21-15-9-2)45-57(44-51)61(60-40-32-33-50(60)7,58-46-53(36-28-22-16-10-3)42-54(47-58)37-29-23-17-11-4)59-48-55(38-30-24-18-12-5)43-56(49-59)39-31-25-19-13-6;;;;/h32-33,40-49H,8-31,34-39H2,1-7H3;3*1H;/q;;;;+3/p-3. The number of halogens is 3. The molecular weight excluding hydrogens is 903 g/mol. The van der Waals surface area contributed by atoms with E-state index in [2.05, 4.69) is 142 Å². The Hall–Kier alpha value is -1.06. The van der Waals surface area contributed by atoms with Gasteiger partial charge in [0.25, 0.3) is 0 Å². The van der Waals surface area contributed by atoms with E-state index >= 15 is 0 Å². The Labute approximate surface area is 434 Å². The Morgan fingerprint density at radius 2 is 0.585 bits per heavy atom. The second kappa shape index (κ2) is 35.1. The second-order valence-corrected chi connectivity index (χ2v) is 25.8. The van der Waals surface area contributed by atoms with Crippen molar-refractivity contribution in [3.63, 3.8) is 0 Å². The van der Waals surface area contributed by atoms with Gasteiger partial charge >= 0.3 is 400 Å². The molecular formula is C60H93Cl3SiTi. The quantitative estimate of drug-likeness (QED) is 0.0328. The minimum atomic E-state index is -2.85. The molecule has 1 aliphatic rings. The van der Waals surface area contributed by atoms with Gasteiger partial charge in [-0.1, -0.05) is 0 Å². The summed E-state index contributed by atoms with van der Waals surface area (Å²) >= 11 is 2.69. The first kappa shape index (κ1) is 62.0. The molecule has 65 heavy (non-hydrogen) atoms. The summed E-state index contributed by atoms with van der Waals surface area (Å²) in [7, 11) is -2.85. The smallest absolute Gasteiger partial charge is 1.00 e. The van der Waals surface area contributed by atoms with E-state index in [1.807, 2.05) is 0 Å². The molecule has 1 aliphatic carbocycles. The van der Waals surface area contributed by atoms with Crippen LogP contribution in [0.3, 0.4) is 0 Å². The van der Waals surface area contributed by atoms with Gasteiger partial charge in [-0.3, -0.25) is 0 Å². The van der Waals surface area contributed by atoms with Crippen molar-refractivity contribution in [3.8, 4) is 0 Å². The van der Waals surface area contributed by atoms with Crippen LogP contribution in [0.15, 0.2) is 78.4 Å². The Morgan fingerprint density at radius 1 is 0.354 bits per heavy atom. The monoisotopic (exact) mass is 995 g/mol. The number of aryl methyl sites for hydroxylation is 6. The first-order valence-corrected chi connectivity index (χ1v) is 29.6. The molecule has 3 aromatic carbocycles. The van der Waals surface area contributed by atoms with Crippen LogP contribution in [0.1, 0.15) is 236 Å². The zero-order valence-electron chi connectivity index (χ0n) is 42.8. The van der Waals surface area contributed by atoms with Crippen LogP contribution in [0.5, 0.6) is 0 Å². The number of hydrogen-bond donors (Lipinski definition) is 0. The first-order valence-electron chi connectivity index (χ1n) is 26.8. The molecule has 0 saturated heterocycles. The molecule has 0 fully saturated rings. The van der Waals surface area contributed by atoms with Gasteiger partial charge < -0.3 is 37.2 Å². The molecule has 1 unspecified atom stereocenters. The number of rotatable bonds is 34. The number of benzene rings is 3. The predicted molar refractivity (Wildman–Crippen MR) is 277 cm³/mol. The molecule has 0 aliphatic heterocycles. The maximum atomic E-state index is 2.79. The molecule has 0 N–H and O–H groups in total. The fourth-order valence-electron chi connectivity index (χ4n) is 10.5. The summed E-state index contributed by atoms with van der Waals surface area (Å²) < 4.78 is -0.0893. The minimum Gasteiger partial charge on any atom is -1.00 e. The van der Waals surface area contributed by atoms with Gasteiger partial charge in [0.2, 0.25) is 0 Å². The number of unbranched alkanes of at least 4 members (excludes halogenated alkanes) is 18. The maximum absolute atomic E-state index is 2.85. The average molecular weight is 997 g/mol. The van der Waals surface area contributed by atoms with Crippen LogP contribution in [-0.2, 0) is 59.0 Å². The number of allylic oxidation sites excluding steroid dienone is 4. The van der Waals surface area contributed by atoms with Crippen molar-refractivity contribution in [1.82, 2.24) is 0 Å². The fraction of sp³-hybridized carbons (Fsp3) is 0.633. The summed E-state index contributed by atoms with van der Waals surface area (Å²) in [5.74, 6) is 0.